The topological polar surface area (TPSA) is 94.2 Å². The van der Waals surface area contributed by atoms with Gasteiger partial charge in [-0.2, -0.15) is 4.98 Å². The van der Waals surface area contributed by atoms with Crippen molar-refractivity contribution in [3.63, 3.8) is 0 Å². The quantitative estimate of drug-likeness (QED) is 0.344. The first-order chi connectivity index (χ1) is 15.0. The molecule has 0 fully saturated rings. The van der Waals surface area contributed by atoms with Crippen LogP contribution in [0.4, 0.5) is 5.69 Å². The Balaban J connectivity index is 1.48. The van der Waals surface area contributed by atoms with Gasteiger partial charge >= 0.3 is 5.69 Å². The normalized spacial score (nSPS) is 12.9. The monoisotopic (exact) mass is 437 g/mol. The second-order valence-electron chi connectivity index (χ2n) is 7.47. The number of hydrogen-bond acceptors (Lipinski definition) is 6. The Kier molecular flexibility index (Phi) is 6.36. The third-order valence-corrected chi connectivity index (χ3v) is 6.28. The second kappa shape index (κ2) is 9.34. The number of benzene rings is 1. The number of fused-ring (bicyclic) bond motifs is 1. The van der Waals surface area contributed by atoms with Gasteiger partial charge in [0.2, 0.25) is 5.91 Å². The van der Waals surface area contributed by atoms with Crippen LogP contribution >= 0.6 is 11.8 Å². The molecule has 1 aromatic carbocycles. The van der Waals surface area contributed by atoms with Gasteiger partial charge < -0.3 is 9.73 Å². The van der Waals surface area contributed by atoms with Crippen molar-refractivity contribution in [3.8, 4) is 0 Å². The largest absolute Gasteiger partial charge is 0.467 e. The lowest BCUT2D eigenvalue weighted by atomic mass is 9.97. The van der Waals surface area contributed by atoms with Gasteiger partial charge in [-0.3, -0.25) is 14.2 Å². The lowest BCUT2D eigenvalue weighted by molar-refractivity contribution is -0.113. The molecule has 0 atom stereocenters. The van der Waals surface area contributed by atoms with Crippen LogP contribution in [0.3, 0.4) is 0 Å². The van der Waals surface area contributed by atoms with E-state index in [0.717, 1.165) is 36.9 Å². The van der Waals surface area contributed by atoms with Crippen LogP contribution in [0.1, 0.15) is 47.1 Å². The van der Waals surface area contributed by atoms with Crippen molar-refractivity contribution in [2.24, 2.45) is 0 Å². The average Bonchev–Trinajstić information content (AvgIpc) is 3.28. The average molecular weight is 438 g/mol. The molecule has 1 N–H and O–H groups in total. The molecule has 0 aliphatic heterocycles. The van der Waals surface area contributed by atoms with Gasteiger partial charge in [0.25, 0.3) is 0 Å². The minimum atomic E-state index is -0.320. The van der Waals surface area contributed by atoms with Crippen LogP contribution < -0.4 is 11.0 Å². The summed E-state index contributed by atoms with van der Waals surface area (Å²) in [6.45, 7) is 1.86. The van der Waals surface area contributed by atoms with E-state index in [1.165, 1.54) is 18.7 Å². The molecule has 0 radical (unpaired) electrons. The zero-order valence-corrected chi connectivity index (χ0v) is 18.0. The number of carbonyl (C=O) groups is 2. The number of amides is 1. The minimum Gasteiger partial charge on any atom is -0.467 e. The summed E-state index contributed by atoms with van der Waals surface area (Å²) in [5, 5.41) is 3.46. The molecule has 0 saturated carbocycles. The van der Waals surface area contributed by atoms with Crippen molar-refractivity contribution in [2.45, 2.75) is 44.2 Å². The number of rotatable bonds is 7. The molecule has 0 bridgehead atoms. The SMILES string of the molecule is CC(=O)c1ccc(NC(=O)CSc2nc(=O)n(Cc3ccco3)c3c2CCCC3)cc1. The molecule has 4 rings (SSSR count). The van der Waals surface area contributed by atoms with Gasteiger partial charge in [0.05, 0.1) is 18.6 Å². The maximum absolute atomic E-state index is 12.7. The van der Waals surface area contributed by atoms with E-state index in [4.69, 9.17) is 4.42 Å². The standard InChI is InChI=1S/C23H23N3O4S/c1-15(27)16-8-10-17(11-9-16)24-21(28)14-31-22-19-6-2-3-7-20(19)26(23(29)25-22)13-18-5-4-12-30-18/h4-5,8-12H,2-3,6-7,13-14H2,1H3,(H,24,28). The predicted octanol–water partition coefficient (Wildman–Crippen LogP) is 3.70. The third kappa shape index (κ3) is 4.96. The summed E-state index contributed by atoms with van der Waals surface area (Å²) >= 11 is 1.29. The molecule has 160 valence electrons. The third-order valence-electron chi connectivity index (χ3n) is 5.26. The number of furan rings is 1. The Bertz CT molecular complexity index is 1150. The highest BCUT2D eigenvalue weighted by Gasteiger charge is 2.21. The molecule has 2 aromatic heterocycles. The maximum Gasteiger partial charge on any atom is 0.349 e. The molecule has 1 amide bonds. The summed E-state index contributed by atoms with van der Waals surface area (Å²) < 4.78 is 7.09. The molecule has 0 spiro atoms. The number of aromatic nitrogens is 2. The zero-order chi connectivity index (χ0) is 21.8. The van der Waals surface area contributed by atoms with Crippen LogP contribution in [0, 0.1) is 0 Å². The predicted molar refractivity (Wildman–Crippen MR) is 119 cm³/mol. The summed E-state index contributed by atoms with van der Waals surface area (Å²) in [4.78, 5) is 40.8. The summed E-state index contributed by atoms with van der Waals surface area (Å²) in [6.07, 6.45) is 5.31. The fourth-order valence-corrected chi connectivity index (χ4v) is 4.58. The Morgan fingerprint density at radius 1 is 1.16 bits per heavy atom. The number of nitrogens with one attached hydrogen (secondary N) is 1. The number of thioether (sulfide) groups is 1. The minimum absolute atomic E-state index is 0.0222. The van der Waals surface area contributed by atoms with E-state index in [-0.39, 0.29) is 23.1 Å². The van der Waals surface area contributed by atoms with Crippen molar-refractivity contribution >= 4 is 29.1 Å². The number of Topliss-reactive ketones (excluding diaryl/α,β-unsaturated/α-hetero) is 1. The van der Waals surface area contributed by atoms with E-state index in [2.05, 4.69) is 10.3 Å². The Hall–Kier alpha value is -3.13. The Labute approximate surface area is 183 Å². The highest BCUT2D eigenvalue weighted by atomic mass is 32.2. The summed E-state index contributed by atoms with van der Waals surface area (Å²) in [5.41, 5.74) is 2.95. The van der Waals surface area contributed by atoms with Crippen LogP contribution in [-0.4, -0.2) is 27.0 Å². The summed E-state index contributed by atoms with van der Waals surface area (Å²) in [7, 11) is 0. The van der Waals surface area contributed by atoms with Gasteiger partial charge in [0.15, 0.2) is 5.78 Å². The van der Waals surface area contributed by atoms with Gasteiger partial charge in [-0.15, -0.1) is 0 Å². The Morgan fingerprint density at radius 3 is 2.65 bits per heavy atom. The summed E-state index contributed by atoms with van der Waals surface area (Å²) in [6, 6.07) is 10.4. The van der Waals surface area contributed by atoms with Crippen LogP contribution in [0.5, 0.6) is 0 Å². The van der Waals surface area contributed by atoms with E-state index >= 15 is 0 Å². The van der Waals surface area contributed by atoms with Crippen molar-refractivity contribution in [3.05, 3.63) is 75.7 Å². The van der Waals surface area contributed by atoms with Crippen molar-refractivity contribution in [1.29, 1.82) is 0 Å². The van der Waals surface area contributed by atoms with Crippen molar-refractivity contribution in [2.75, 3.05) is 11.1 Å². The molecule has 1 aliphatic rings. The second-order valence-corrected chi connectivity index (χ2v) is 8.43. The molecule has 7 nitrogen and oxygen atoms in total. The van der Waals surface area contributed by atoms with Gasteiger partial charge in [-0.1, -0.05) is 11.8 Å². The molecule has 31 heavy (non-hydrogen) atoms. The first-order valence-corrected chi connectivity index (χ1v) is 11.2. The van der Waals surface area contributed by atoms with Crippen LogP contribution in [0.25, 0.3) is 0 Å². The molecule has 0 unspecified atom stereocenters. The van der Waals surface area contributed by atoms with Crippen LogP contribution in [0.15, 0.2) is 56.9 Å². The fourth-order valence-electron chi connectivity index (χ4n) is 3.71. The lowest BCUT2D eigenvalue weighted by Crippen LogP contribution is -2.30. The molecule has 0 saturated heterocycles. The van der Waals surface area contributed by atoms with Crippen molar-refractivity contribution in [1.82, 2.24) is 9.55 Å². The fraction of sp³-hybridized carbons (Fsp3) is 0.304. The molecular formula is C23H23N3O4S. The van der Waals surface area contributed by atoms with Gasteiger partial charge in [0.1, 0.15) is 10.8 Å². The number of ketones is 1. The van der Waals surface area contributed by atoms with Crippen LogP contribution in [-0.2, 0) is 24.2 Å². The van der Waals surface area contributed by atoms with Gasteiger partial charge in [0, 0.05) is 22.5 Å². The molecule has 8 heteroatoms. The molecule has 2 heterocycles. The van der Waals surface area contributed by atoms with Gasteiger partial charge in [-0.05, 0) is 69.0 Å². The molecule has 3 aromatic rings. The number of anilines is 1. The van der Waals surface area contributed by atoms with Crippen LogP contribution in [0.2, 0.25) is 0 Å². The van der Waals surface area contributed by atoms with E-state index in [1.807, 2.05) is 6.07 Å². The lowest BCUT2D eigenvalue weighted by Gasteiger charge is -2.22. The first kappa shape index (κ1) is 21.1. The van der Waals surface area contributed by atoms with E-state index in [1.54, 1.807) is 41.2 Å². The number of hydrogen-bond donors (Lipinski definition) is 1. The van der Waals surface area contributed by atoms with Crippen molar-refractivity contribution < 1.29 is 14.0 Å². The highest BCUT2D eigenvalue weighted by molar-refractivity contribution is 8.00. The maximum atomic E-state index is 12.7. The Morgan fingerprint density at radius 2 is 1.94 bits per heavy atom. The van der Waals surface area contributed by atoms with E-state index in [9.17, 15) is 14.4 Å². The highest BCUT2D eigenvalue weighted by Crippen LogP contribution is 2.29. The smallest absolute Gasteiger partial charge is 0.349 e. The van der Waals surface area contributed by atoms with E-state index in [0.29, 0.717) is 28.6 Å². The molecule has 1 aliphatic carbocycles. The number of nitrogens with zero attached hydrogens (tertiary/aromatic N) is 2. The molecular weight excluding hydrogens is 414 g/mol. The van der Waals surface area contributed by atoms with E-state index < -0.39 is 0 Å². The van der Waals surface area contributed by atoms with Gasteiger partial charge in [-0.25, -0.2) is 4.79 Å². The first-order valence-electron chi connectivity index (χ1n) is 10.2. The number of carbonyl (C=O) groups excluding carboxylic acids is 2. The summed E-state index contributed by atoms with van der Waals surface area (Å²) in [5.74, 6) is 0.653. The zero-order valence-electron chi connectivity index (χ0n) is 17.2.